The Kier molecular flexibility index (Phi) is 1.34. The molecule has 1 aromatic rings. The Bertz CT molecular complexity index is 281. The quantitative estimate of drug-likeness (QED) is 0.608. The van der Waals surface area contributed by atoms with Crippen LogP contribution in [0.5, 0.6) is 0 Å². The average Bonchev–Trinajstić information content (AvgIpc) is 2.33. The maximum Gasteiger partial charge on any atom is 0.129 e. The lowest BCUT2D eigenvalue weighted by molar-refractivity contribution is 0.853. The molecule has 0 unspecified atom stereocenters. The molecule has 1 N–H and O–H groups in total. The number of nitrogens with zero attached hydrogens (tertiary/aromatic N) is 1. The van der Waals surface area contributed by atoms with Gasteiger partial charge in [0.05, 0.1) is 0 Å². The van der Waals surface area contributed by atoms with Crippen molar-refractivity contribution in [2.24, 2.45) is 0 Å². The minimum atomic E-state index is 0.623. The summed E-state index contributed by atoms with van der Waals surface area (Å²) < 4.78 is 0. The molecule has 2 rings (SSSR count). The topological polar surface area (TPSA) is 24.9 Å². The van der Waals surface area contributed by atoms with Crippen LogP contribution in [0.1, 0.15) is 24.0 Å². The second-order valence-electron chi connectivity index (χ2n) is 3.23. The lowest BCUT2D eigenvalue weighted by atomic mass is 10.0. The number of hydrogen-bond donors (Lipinski definition) is 1. The van der Waals surface area contributed by atoms with Gasteiger partial charge in [-0.05, 0) is 18.1 Å². The fourth-order valence-corrected chi connectivity index (χ4v) is 1.47. The monoisotopic (exact) mass is 148 g/mol. The van der Waals surface area contributed by atoms with E-state index in [2.05, 4.69) is 30.2 Å². The zero-order valence-corrected chi connectivity index (χ0v) is 6.89. The number of aromatic nitrogens is 1. The third-order valence-corrected chi connectivity index (χ3v) is 2.16. The highest BCUT2D eigenvalue weighted by Gasteiger charge is 2.18. The maximum absolute atomic E-state index is 4.30. The van der Waals surface area contributed by atoms with Gasteiger partial charge in [0.2, 0.25) is 0 Å². The molecule has 2 heteroatoms. The van der Waals surface area contributed by atoms with Gasteiger partial charge in [-0.25, -0.2) is 4.98 Å². The van der Waals surface area contributed by atoms with E-state index in [9.17, 15) is 0 Å². The van der Waals surface area contributed by atoms with Crippen molar-refractivity contribution < 1.29 is 0 Å². The van der Waals surface area contributed by atoms with Crippen molar-refractivity contribution in [2.75, 3.05) is 11.9 Å². The molecule has 1 aliphatic rings. The molecule has 0 spiro atoms. The van der Waals surface area contributed by atoms with Crippen LogP contribution in [0, 0.1) is 6.92 Å². The van der Waals surface area contributed by atoms with Gasteiger partial charge in [0.25, 0.3) is 0 Å². The number of pyridine rings is 1. The van der Waals surface area contributed by atoms with E-state index >= 15 is 0 Å². The smallest absolute Gasteiger partial charge is 0.129 e. The van der Waals surface area contributed by atoms with Crippen molar-refractivity contribution in [1.29, 1.82) is 0 Å². The largest absolute Gasteiger partial charge is 0.369 e. The minimum absolute atomic E-state index is 0.623. The molecule has 11 heavy (non-hydrogen) atoms. The number of rotatable bonds is 0. The Labute approximate surface area is 66.7 Å². The van der Waals surface area contributed by atoms with Crippen molar-refractivity contribution in [3.8, 4) is 0 Å². The summed E-state index contributed by atoms with van der Waals surface area (Å²) in [4.78, 5) is 4.30. The van der Waals surface area contributed by atoms with Crippen molar-refractivity contribution in [3.63, 3.8) is 0 Å². The van der Waals surface area contributed by atoms with Gasteiger partial charge in [0, 0.05) is 18.7 Å². The van der Waals surface area contributed by atoms with Crippen LogP contribution in [0.2, 0.25) is 0 Å². The van der Waals surface area contributed by atoms with Gasteiger partial charge in [-0.1, -0.05) is 13.0 Å². The van der Waals surface area contributed by atoms with E-state index in [0.29, 0.717) is 5.92 Å². The van der Waals surface area contributed by atoms with Crippen molar-refractivity contribution >= 4 is 5.82 Å². The highest BCUT2D eigenvalue weighted by Crippen LogP contribution is 2.28. The normalized spacial score (nSPS) is 21.1. The summed E-state index contributed by atoms with van der Waals surface area (Å²) in [6.07, 6.45) is 1.91. The van der Waals surface area contributed by atoms with Crippen LogP contribution in [0.3, 0.4) is 0 Å². The lowest BCUT2D eigenvalue weighted by Crippen LogP contribution is -1.96. The summed E-state index contributed by atoms with van der Waals surface area (Å²) in [6.45, 7) is 5.34. The highest BCUT2D eigenvalue weighted by atomic mass is 15.0. The van der Waals surface area contributed by atoms with E-state index in [1.807, 2.05) is 6.20 Å². The third-order valence-electron chi connectivity index (χ3n) is 2.16. The Hall–Kier alpha value is -1.05. The Morgan fingerprint density at radius 3 is 3.27 bits per heavy atom. The van der Waals surface area contributed by atoms with Crippen LogP contribution in [-0.4, -0.2) is 11.5 Å². The molecule has 0 bridgehead atoms. The Morgan fingerprint density at radius 2 is 2.45 bits per heavy atom. The Balaban J connectivity index is 2.52. The maximum atomic E-state index is 4.30. The van der Waals surface area contributed by atoms with Crippen LogP contribution in [0.4, 0.5) is 5.82 Å². The standard InChI is InChI=1S/C9H12N2/c1-6-3-8-7(2)5-11-9(8)10-4-6/h3-4,7H,5H2,1-2H3,(H,10,11)/t7-/m0/s1. The average molecular weight is 148 g/mol. The predicted molar refractivity (Wildman–Crippen MR) is 45.9 cm³/mol. The molecule has 0 aliphatic carbocycles. The van der Waals surface area contributed by atoms with Crippen molar-refractivity contribution in [1.82, 2.24) is 4.98 Å². The van der Waals surface area contributed by atoms with E-state index in [-0.39, 0.29) is 0 Å². The van der Waals surface area contributed by atoms with Crippen LogP contribution in [0.15, 0.2) is 12.3 Å². The summed E-state index contributed by atoms with van der Waals surface area (Å²) >= 11 is 0. The van der Waals surface area contributed by atoms with Crippen molar-refractivity contribution in [3.05, 3.63) is 23.4 Å². The van der Waals surface area contributed by atoms with Crippen LogP contribution >= 0.6 is 0 Å². The third kappa shape index (κ3) is 0.985. The number of nitrogens with one attached hydrogen (secondary N) is 1. The number of fused-ring (bicyclic) bond motifs is 1. The van der Waals surface area contributed by atoms with Crippen LogP contribution in [-0.2, 0) is 0 Å². The summed E-state index contributed by atoms with van der Waals surface area (Å²) in [6, 6.07) is 2.22. The van der Waals surface area contributed by atoms with Crippen LogP contribution < -0.4 is 5.32 Å². The second-order valence-corrected chi connectivity index (χ2v) is 3.23. The molecule has 58 valence electrons. The SMILES string of the molecule is Cc1cnc2c(c1)[C@@H](C)CN2. The number of anilines is 1. The molecule has 0 radical (unpaired) electrons. The first-order valence-corrected chi connectivity index (χ1v) is 3.98. The molecule has 0 saturated heterocycles. The first-order chi connectivity index (χ1) is 5.27. The summed E-state index contributed by atoms with van der Waals surface area (Å²) in [5.74, 6) is 1.69. The summed E-state index contributed by atoms with van der Waals surface area (Å²) in [5, 5.41) is 3.27. The number of aryl methyl sites for hydroxylation is 1. The molecule has 2 nitrogen and oxygen atoms in total. The lowest BCUT2D eigenvalue weighted by Gasteiger charge is -2.01. The van der Waals surface area contributed by atoms with E-state index in [0.717, 1.165) is 12.4 Å². The van der Waals surface area contributed by atoms with Gasteiger partial charge in [-0.2, -0.15) is 0 Å². The molecule has 1 aliphatic heterocycles. The zero-order chi connectivity index (χ0) is 7.84. The van der Waals surface area contributed by atoms with E-state index in [4.69, 9.17) is 0 Å². The molecule has 0 aromatic carbocycles. The van der Waals surface area contributed by atoms with E-state index in [1.165, 1.54) is 11.1 Å². The molecule has 0 fully saturated rings. The van der Waals surface area contributed by atoms with Gasteiger partial charge >= 0.3 is 0 Å². The van der Waals surface area contributed by atoms with Gasteiger partial charge in [-0.15, -0.1) is 0 Å². The summed E-state index contributed by atoms with van der Waals surface area (Å²) in [7, 11) is 0. The van der Waals surface area contributed by atoms with Crippen LogP contribution in [0.25, 0.3) is 0 Å². The molecule has 0 amide bonds. The Morgan fingerprint density at radius 1 is 1.64 bits per heavy atom. The summed E-state index contributed by atoms with van der Waals surface area (Å²) in [5.41, 5.74) is 2.62. The predicted octanol–water partition coefficient (Wildman–Crippen LogP) is 1.92. The fourth-order valence-electron chi connectivity index (χ4n) is 1.47. The number of hydrogen-bond acceptors (Lipinski definition) is 2. The second kappa shape index (κ2) is 2.22. The van der Waals surface area contributed by atoms with E-state index in [1.54, 1.807) is 0 Å². The van der Waals surface area contributed by atoms with Gasteiger partial charge in [-0.3, -0.25) is 0 Å². The molecular formula is C9H12N2. The van der Waals surface area contributed by atoms with Crippen molar-refractivity contribution in [2.45, 2.75) is 19.8 Å². The van der Waals surface area contributed by atoms with Gasteiger partial charge in [0.15, 0.2) is 0 Å². The zero-order valence-electron chi connectivity index (χ0n) is 6.89. The first-order valence-electron chi connectivity index (χ1n) is 3.98. The molecule has 0 saturated carbocycles. The highest BCUT2D eigenvalue weighted by molar-refractivity contribution is 5.52. The first kappa shape index (κ1) is 6.65. The van der Waals surface area contributed by atoms with Gasteiger partial charge < -0.3 is 5.32 Å². The van der Waals surface area contributed by atoms with E-state index < -0.39 is 0 Å². The molecular weight excluding hydrogens is 136 g/mol. The van der Waals surface area contributed by atoms with Gasteiger partial charge in [0.1, 0.15) is 5.82 Å². The molecule has 1 aromatic heterocycles. The molecule has 1 atom stereocenters. The fraction of sp³-hybridized carbons (Fsp3) is 0.444. The minimum Gasteiger partial charge on any atom is -0.369 e. The molecule has 2 heterocycles.